The molecule has 2 aliphatic rings. The number of carbonyl (C=O) groups is 1. The summed E-state index contributed by atoms with van der Waals surface area (Å²) >= 11 is 0. The zero-order valence-electron chi connectivity index (χ0n) is 10.7. The van der Waals surface area contributed by atoms with Crippen molar-refractivity contribution in [3.05, 3.63) is 23.8 Å². The molecule has 0 amide bonds. The van der Waals surface area contributed by atoms with Crippen LogP contribution in [0.4, 0.5) is 0 Å². The second-order valence-corrected chi connectivity index (χ2v) is 4.89. The maximum atomic E-state index is 11.5. The quantitative estimate of drug-likeness (QED) is 0.899. The van der Waals surface area contributed by atoms with E-state index in [0.717, 1.165) is 31.5 Å². The highest BCUT2D eigenvalue weighted by atomic mass is 16.6. The number of aliphatic carboxylic acids is 1. The van der Waals surface area contributed by atoms with Gasteiger partial charge in [-0.2, -0.15) is 0 Å². The predicted molar refractivity (Wildman–Crippen MR) is 68.6 cm³/mol. The molecule has 0 saturated carbocycles. The number of hydrogen-bond donors (Lipinski definition) is 1. The molecule has 1 atom stereocenters. The molecule has 5 nitrogen and oxygen atoms in total. The Hall–Kier alpha value is -1.75. The molecular formula is C14H17NO4. The lowest BCUT2D eigenvalue weighted by Crippen LogP contribution is -2.31. The zero-order chi connectivity index (χ0) is 13.2. The second-order valence-electron chi connectivity index (χ2n) is 4.89. The first-order chi connectivity index (χ1) is 9.25. The molecule has 1 N–H and O–H groups in total. The standard InChI is InChI=1S/C14H17NO4/c16-14(17)13(15-5-1-2-6-15)10-3-4-11-12(9-10)19-8-7-18-11/h3-4,9,13H,1-2,5-8H2,(H,16,17)/t13-/m0/s1. The third-order valence-corrected chi connectivity index (χ3v) is 3.62. The summed E-state index contributed by atoms with van der Waals surface area (Å²) in [6, 6.07) is 4.84. The van der Waals surface area contributed by atoms with E-state index in [1.807, 2.05) is 11.0 Å². The normalized spacial score (nSPS) is 20.2. The van der Waals surface area contributed by atoms with Crippen LogP contribution in [-0.4, -0.2) is 42.3 Å². The van der Waals surface area contributed by atoms with Crippen molar-refractivity contribution in [1.29, 1.82) is 0 Å². The lowest BCUT2D eigenvalue weighted by Gasteiger charge is -2.26. The van der Waals surface area contributed by atoms with Gasteiger partial charge in [-0.3, -0.25) is 9.69 Å². The second kappa shape index (κ2) is 5.09. The van der Waals surface area contributed by atoms with Gasteiger partial charge in [0.2, 0.25) is 0 Å². The Bertz CT molecular complexity index is 482. The number of carboxylic acid groups (broad SMARTS) is 1. The van der Waals surface area contributed by atoms with Crippen molar-refractivity contribution in [2.75, 3.05) is 26.3 Å². The molecule has 5 heteroatoms. The van der Waals surface area contributed by atoms with Gasteiger partial charge >= 0.3 is 5.97 Å². The molecule has 0 bridgehead atoms. The van der Waals surface area contributed by atoms with E-state index in [4.69, 9.17) is 9.47 Å². The van der Waals surface area contributed by atoms with E-state index in [1.165, 1.54) is 0 Å². The van der Waals surface area contributed by atoms with Crippen LogP contribution in [0.3, 0.4) is 0 Å². The van der Waals surface area contributed by atoms with Crippen LogP contribution in [0, 0.1) is 0 Å². The van der Waals surface area contributed by atoms with Crippen LogP contribution < -0.4 is 9.47 Å². The number of carboxylic acids is 1. The van der Waals surface area contributed by atoms with Crippen LogP contribution in [0.1, 0.15) is 24.4 Å². The Kier molecular flexibility index (Phi) is 3.29. The van der Waals surface area contributed by atoms with Crippen molar-refractivity contribution >= 4 is 5.97 Å². The summed E-state index contributed by atoms with van der Waals surface area (Å²) in [6.07, 6.45) is 2.13. The maximum Gasteiger partial charge on any atom is 0.325 e. The lowest BCUT2D eigenvalue weighted by atomic mass is 10.0. The van der Waals surface area contributed by atoms with E-state index >= 15 is 0 Å². The summed E-state index contributed by atoms with van der Waals surface area (Å²) in [5.41, 5.74) is 0.763. The van der Waals surface area contributed by atoms with Crippen LogP contribution in [0.5, 0.6) is 11.5 Å². The monoisotopic (exact) mass is 263 g/mol. The molecule has 102 valence electrons. The largest absolute Gasteiger partial charge is 0.486 e. The first-order valence-corrected chi connectivity index (χ1v) is 6.62. The Morgan fingerprint density at radius 3 is 2.53 bits per heavy atom. The van der Waals surface area contributed by atoms with Gasteiger partial charge in [0.25, 0.3) is 0 Å². The van der Waals surface area contributed by atoms with Gasteiger partial charge in [0.1, 0.15) is 19.3 Å². The van der Waals surface area contributed by atoms with E-state index < -0.39 is 12.0 Å². The van der Waals surface area contributed by atoms with Gasteiger partial charge in [-0.05, 0) is 43.6 Å². The zero-order valence-corrected chi connectivity index (χ0v) is 10.7. The molecule has 1 aromatic carbocycles. The van der Waals surface area contributed by atoms with E-state index in [0.29, 0.717) is 24.7 Å². The highest BCUT2D eigenvalue weighted by Crippen LogP contribution is 2.35. The van der Waals surface area contributed by atoms with Crippen molar-refractivity contribution in [2.45, 2.75) is 18.9 Å². The van der Waals surface area contributed by atoms with Crippen molar-refractivity contribution in [3.8, 4) is 11.5 Å². The summed E-state index contributed by atoms with van der Waals surface area (Å²) < 4.78 is 11.0. The SMILES string of the molecule is O=C(O)[C@H](c1ccc2c(c1)OCCO2)N1CCCC1. The van der Waals surface area contributed by atoms with Crippen LogP contribution in [0.2, 0.25) is 0 Å². The molecule has 2 heterocycles. The van der Waals surface area contributed by atoms with Gasteiger partial charge < -0.3 is 14.6 Å². The molecular weight excluding hydrogens is 246 g/mol. The first kappa shape index (κ1) is 12.3. The summed E-state index contributed by atoms with van der Waals surface area (Å²) in [5.74, 6) is 0.535. The van der Waals surface area contributed by atoms with E-state index in [-0.39, 0.29) is 0 Å². The molecule has 1 saturated heterocycles. The van der Waals surface area contributed by atoms with Crippen molar-refractivity contribution in [3.63, 3.8) is 0 Å². The van der Waals surface area contributed by atoms with Crippen molar-refractivity contribution < 1.29 is 19.4 Å². The summed E-state index contributed by atoms with van der Waals surface area (Å²) in [7, 11) is 0. The Labute approximate surface area is 111 Å². The minimum absolute atomic E-state index is 0.512. The van der Waals surface area contributed by atoms with Crippen LogP contribution >= 0.6 is 0 Å². The molecule has 2 aliphatic heterocycles. The summed E-state index contributed by atoms with van der Waals surface area (Å²) in [5, 5.41) is 9.48. The van der Waals surface area contributed by atoms with Crippen molar-refractivity contribution in [2.24, 2.45) is 0 Å². The van der Waals surface area contributed by atoms with Crippen molar-refractivity contribution in [1.82, 2.24) is 4.90 Å². The third kappa shape index (κ3) is 2.38. The number of nitrogens with zero attached hydrogens (tertiary/aromatic N) is 1. The molecule has 19 heavy (non-hydrogen) atoms. The maximum absolute atomic E-state index is 11.5. The van der Waals surface area contributed by atoms with Crippen LogP contribution in [-0.2, 0) is 4.79 Å². The summed E-state index contributed by atoms with van der Waals surface area (Å²) in [6.45, 7) is 2.73. The number of benzene rings is 1. The minimum Gasteiger partial charge on any atom is -0.486 e. The molecule has 0 radical (unpaired) electrons. The Morgan fingerprint density at radius 1 is 1.16 bits per heavy atom. The number of fused-ring (bicyclic) bond motifs is 1. The lowest BCUT2D eigenvalue weighted by molar-refractivity contribution is -0.143. The Balaban J connectivity index is 1.91. The number of rotatable bonds is 3. The molecule has 0 aliphatic carbocycles. The van der Waals surface area contributed by atoms with Crippen LogP contribution in [0.15, 0.2) is 18.2 Å². The van der Waals surface area contributed by atoms with Gasteiger partial charge in [-0.25, -0.2) is 0 Å². The average molecular weight is 263 g/mol. The first-order valence-electron chi connectivity index (χ1n) is 6.62. The van der Waals surface area contributed by atoms with Crippen LogP contribution in [0.25, 0.3) is 0 Å². The average Bonchev–Trinajstić information content (AvgIpc) is 2.92. The molecule has 0 aromatic heterocycles. The fourth-order valence-electron chi connectivity index (χ4n) is 2.74. The molecule has 0 unspecified atom stereocenters. The van der Waals surface area contributed by atoms with E-state index in [9.17, 15) is 9.90 Å². The fourth-order valence-corrected chi connectivity index (χ4v) is 2.74. The third-order valence-electron chi connectivity index (χ3n) is 3.62. The van der Waals surface area contributed by atoms with E-state index in [1.54, 1.807) is 12.1 Å². The fraction of sp³-hybridized carbons (Fsp3) is 0.500. The van der Waals surface area contributed by atoms with Gasteiger partial charge in [-0.1, -0.05) is 6.07 Å². The predicted octanol–water partition coefficient (Wildman–Crippen LogP) is 1.68. The highest BCUT2D eigenvalue weighted by molar-refractivity contribution is 5.76. The van der Waals surface area contributed by atoms with Gasteiger partial charge in [0, 0.05) is 0 Å². The molecule has 1 fully saturated rings. The topological polar surface area (TPSA) is 59.0 Å². The minimum atomic E-state index is -0.807. The van der Waals surface area contributed by atoms with E-state index in [2.05, 4.69) is 0 Å². The molecule has 1 aromatic rings. The van der Waals surface area contributed by atoms with Gasteiger partial charge in [0.15, 0.2) is 11.5 Å². The number of likely N-dealkylation sites (tertiary alicyclic amines) is 1. The number of hydrogen-bond acceptors (Lipinski definition) is 4. The number of ether oxygens (including phenoxy) is 2. The molecule has 0 spiro atoms. The van der Waals surface area contributed by atoms with Gasteiger partial charge in [-0.15, -0.1) is 0 Å². The highest BCUT2D eigenvalue weighted by Gasteiger charge is 2.30. The smallest absolute Gasteiger partial charge is 0.325 e. The molecule has 3 rings (SSSR count). The Morgan fingerprint density at radius 2 is 1.84 bits per heavy atom. The summed E-state index contributed by atoms with van der Waals surface area (Å²) in [4.78, 5) is 13.5. The van der Waals surface area contributed by atoms with Gasteiger partial charge in [0.05, 0.1) is 0 Å².